The molecule has 0 amide bonds. The SMILES string of the molecule is Cc1cc(O)cc(C)c1Br.Cc1cc(OC(=S)N(C)C)cc(C)c1Br. The van der Waals surface area contributed by atoms with Crippen LogP contribution in [-0.2, 0) is 0 Å². The van der Waals surface area contributed by atoms with E-state index in [0.29, 0.717) is 10.9 Å². The van der Waals surface area contributed by atoms with Crippen molar-refractivity contribution in [1.82, 2.24) is 4.90 Å². The van der Waals surface area contributed by atoms with E-state index in [2.05, 4.69) is 31.9 Å². The molecule has 0 atom stereocenters. The second kappa shape index (κ2) is 9.55. The highest BCUT2D eigenvalue weighted by Gasteiger charge is 2.06. The van der Waals surface area contributed by atoms with Gasteiger partial charge in [0.2, 0.25) is 0 Å². The summed E-state index contributed by atoms with van der Waals surface area (Å²) in [7, 11) is 3.72. The first-order valence-electron chi connectivity index (χ1n) is 7.64. The van der Waals surface area contributed by atoms with Gasteiger partial charge in [0, 0.05) is 23.0 Å². The van der Waals surface area contributed by atoms with Crippen LogP contribution in [0.4, 0.5) is 0 Å². The van der Waals surface area contributed by atoms with Crippen LogP contribution in [0.5, 0.6) is 11.5 Å². The third-order valence-electron chi connectivity index (χ3n) is 3.40. The highest BCUT2D eigenvalue weighted by atomic mass is 79.9. The van der Waals surface area contributed by atoms with Crippen LogP contribution < -0.4 is 4.74 Å². The third kappa shape index (κ3) is 6.60. The molecule has 0 saturated heterocycles. The molecule has 0 unspecified atom stereocenters. The van der Waals surface area contributed by atoms with Crippen molar-refractivity contribution < 1.29 is 9.84 Å². The van der Waals surface area contributed by atoms with Crippen LogP contribution in [0.1, 0.15) is 22.3 Å². The van der Waals surface area contributed by atoms with E-state index in [1.54, 1.807) is 17.0 Å². The highest BCUT2D eigenvalue weighted by molar-refractivity contribution is 9.10. The molecule has 2 aromatic rings. The summed E-state index contributed by atoms with van der Waals surface area (Å²) in [5.41, 5.74) is 4.42. The summed E-state index contributed by atoms with van der Waals surface area (Å²) in [4.78, 5) is 1.77. The van der Waals surface area contributed by atoms with Gasteiger partial charge in [0.1, 0.15) is 11.5 Å². The average molecular weight is 489 g/mol. The standard InChI is InChI=1S/C11H14BrNOS.C8H9BrO/c1-7-5-9(6-8(2)10(7)12)14-11(15)13(3)4;1-5-3-7(10)4-6(2)8(5)9/h5-6H,1-4H3;3-4,10H,1-2H3. The number of hydrogen-bond donors (Lipinski definition) is 1. The maximum atomic E-state index is 9.10. The molecular weight excluding hydrogens is 466 g/mol. The third-order valence-corrected chi connectivity index (χ3v) is 6.35. The lowest BCUT2D eigenvalue weighted by Crippen LogP contribution is -2.25. The topological polar surface area (TPSA) is 32.7 Å². The van der Waals surface area contributed by atoms with Crippen LogP contribution in [0.25, 0.3) is 0 Å². The Balaban J connectivity index is 0.000000271. The molecule has 0 spiro atoms. The summed E-state index contributed by atoms with van der Waals surface area (Å²) < 4.78 is 7.72. The van der Waals surface area contributed by atoms with Gasteiger partial charge in [-0.3, -0.25) is 0 Å². The summed E-state index contributed by atoms with van der Waals surface area (Å²) in [5, 5.41) is 9.57. The van der Waals surface area contributed by atoms with Gasteiger partial charge in [-0.2, -0.15) is 0 Å². The van der Waals surface area contributed by atoms with Gasteiger partial charge in [-0.05, 0) is 86.4 Å². The lowest BCUT2D eigenvalue weighted by Gasteiger charge is -2.15. The van der Waals surface area contributed by atoms with Gasteiger partial charge in [-0.15, -0.1) is 0 Å². The Hall–Kier alpha value is -1.11. The van der Waals surface area contributed by atoms with Crippen LogP contribution >= 0.6 is 44.1 Å². The number of hydrogen-bond acceptors (Lipinski definition) is 3. The molecule has 0 fully saturated rings. The molecule has 0 aliphatic carbocycles. The van der Waals surface area contributed by atoms with E-state index in [-0.39, 0.29) is 0 Å². The van der Waals surface area contributed by atoms with E-state index < -0.39 is 0 Å². The van der Waals surface area contributed by atoms with Crippen molar-refractivity contribution in [1.29, 1.82) is 0 Å². The lowest BCUT2D eigenvalue weighted by atomic mass is 10.1. The van der Waals surface area contributed by atoms with E-state index in [9.17, 15) is 0 Å². The van der Waals surface area contributed by atoms with Gasteiger partial charge in [-0.1, -0.05) is 31.9 Å². The quantitative estimate of drug-likeness (QED) is 0.494. The minimum Gasteiger partial charge on any atom is -0.508 e. The fraction of sp³-hybridized carbons (Fsp3) is 0.316. The molecular formula is C19H23Br2NO2S. The molecule has 0 aliphatic heterocycles. The number of nitrogens with zero attached hydrogens (tertiary/aromatic N) is 1. The first-order valence-corrected chi connectivity index (χ1v) is 9.64. The first kappa shape index (κ1) is 21.9. The molecule has 3 nitrogen and oxygen atoms in total. The molecule has 0 radical (unpaired) electrons. The monoisotopic (exact) mass is 487 g/mol. The fourth-order valence-electron chi connectivity index (χ4n) is 2.08. The summed E-state index contributed by atoms with van der Waals surface area (Å²) >= 11 is 12.0. The minimum absolute atomic E-state index is 0.332. The fourth-order valence-corrected chi connectivity index (χ4v) is 2.63. The highest BCUT2D eigenvalue weighted by Crippen LogP contribution is 2.26. The molecule has 25 heavy (non-hydrogen) atoms. The molecule has 2 aromatic carbocycles. The van der Waals surface area contributed by atoms with Gasteiger partial charge >= 0.3 is 0 Å². The van der Waals surface area contributed by atoms with Crippen molar-refractivity contribution in [3.8, 4) is 11.5 Å². The first-order chi connectivity index (χ1) is 11.5. The number of aryl methyl sites for hydroxylation is 4. The zero-order chi connectivity index (χ0) is 19.3. The second-order valence-electron chi connectivity index (χ2n) is 6.03. The van der Waals surface area contributed by atoms with Gasteiger partial charge in [-0.25, -0.2) is 0 Å². The van der Waals surface area contributed by atoms with E-state index in [0.717, 1.165) is 36.9 Å². The maximum Gasteiger partial charge on any atom is 0.264 e. The Kier molecular flexibility index (Phi) is 8.38. The number of phenolic OH excluding ortho intramolecular Hbond substituents is 1. The zero-order valence-corrected chi connectivity index (χ0v) is 19.3. The summed E-state index contributed by atoms with van der Waals surface area (Å²) in [5.74, 6) is 1.12. The lowest BCUT2D eigenvalue weighted by molar-refractivity contribution is 0.449. The van der Waals surface area contributed by atoms with Crippen molar-refractivity contribution in [3.63, 3.8) is 0 Å². The summed E-state index contributed by atoms with van der Waals surface area (Å²) in [6.07, 6.45) is 0. The molecule has 1 N–H and O–H groups in total. The van der Waals surface area contributed by atoms with Crippen LogP contribution in [-0.4, -0.2) is 29.3 Å². The molecule has 0 aromatic heterocycles. The Morgan fingerprint density at radius 2 is 1.24 bits per heavy atom. The number of halogens is 2. The van der Waals surface area contributed by atoms with Crippen molar-refractivity contribution in [2.24, 2.45) is 0 Å². The second-order valence-corrected chi connectivity index (χ2v) is 7.96. The Morgan fingerprint density at radius 3 is 1.60 bits per heavy atom. The van der Waals surface area contributed by atoms with Crippen molar-refractivity contribution in [2.45, 2.75) is 27.7 Å². The molecule has 0 heterocycles. The average Bonchev–Trinajstić information content (AvgIpc) is 2.50. The number of ether oxygens (including phenoxy) is 1. The van der Waals surface area contributed by atoms with Gasteiger partial charge < -0.3 is 14.7 Å². The van der Waals surface area contributed by atoms with Crippen molar-refractivity contribution in [3.05, 3.63) is 55.5 Å². The maximum absolute atomic E-state index is 9.10. The van der Waals surface area contributed by atoms with E-state index in [4.69, 9.17) is 22.1 Å². The van der Waals surface area contributed by atoms with E-state index in [1.165, 1.54) is 0 Å². The van der Waals surface area contributed by atoms with Gasteiger partial charge in [0.05, 0.1) is 0 Å². The van der Waals surface area contributed by atoms with Crippen LogP contribution in [0.15, 0.2) is 33.2 Å². The predicted molar refractivity (Wildman–Crippen MR) is 116 cm³/mol. The normalized spacial score (nSPS) is 9.92. The minimum atomic E-state index is 0.332. The molecule has 0 aliphatic rings. The zero-order valence-electron chi connectivity index (χ0n) is 15.3. The summed E-state index contributed by atoms with van der Waals surface area (Å²) in [6, 6.07) is 7.40. The Morgan fingerprint density at radius 1 is 0.880 bits per heavy atom. The number of phenols is 1. The molecule has 0 bridgehead atoms. The number of thiocarbonyl (C=S) groups is 1. The van der Waals surface area contributed by atoms with Crippen molar-refractivity contribution >= 4 is 49.3 Å². The summed E-state index contributed by atoms with van der Waals surface area (Å²) in [6.45, 7) is 7.97. The largest absolute Gasteiger partial charge is 0.508 e. The molecule has 6 heteroatoms. The number of rotatable bonds is 1. The van der Waals surface area contributed by atoms with Crippen LogP contribution in [0.3, 0.4) is 0 Å². The number of aromatic hydroxyl groups is 1. The Bertz CT molecular complexity index is 730. The van der Waals surface area contributed by atoms with Crippen molar-refractivity contribution in [2.75, 3.05) is 14.1 Å². The van der Waals surface area contributed by atoms with Crippen LogP contribution in [0.2, 0.25) is 0 Å². The smallest absolute Gasteiger partial charge is 0.264 e. The van der Waals surface area contributed by atoms with Crippen LogP contribution in [0, 0.1) is 27.7 Å². The van der Waals surface area contributed by atoms with E-state index >= 15 is 0 Å². The molecule has 0 saturated carbocycles. The Labute approximate surface area is 172 Å². The van der Waals surface area contributed by atoms with Gasteiger partial charge in [0.25, 0.3) is 5.17 Å². The van der Waals surface area contributed by atoms with Gasteiger partial charge in [0.15, 0.2) is 0 Å². The molecule has 136 valence electrons. The van der Waals surface area contributed by atoms with E-state index in [1.807, 2.05) is 53.9 Å². The number of benzene rings is 2. The molecule has 2 rings (SSSR count). The predicted octanol–water partition coefficient (Wildman–Crippen LogP) is 6.06.